The number of pyridine rings is 1. The minimum Gasteiger partial charge on any atom is -0.442 e. The number of hydrogen-bond acceptors (Lipinski definition) is 5. The molecule has 0 unspecified atom stereocenters. The van der Waals surface area contributed by atoms with Gasteiger partial charge in [0.2, 0.25) is 5.91 Å². The van der Waals surface area contributed by atoms with Gasteiger partial charge in [0.05, 0.1) is 13.1 Å². The third-order valence-electron chi connectivity index (χ3n) is 6.33. The first kappa shape index (κ1) is 18.0. The fourth-order valence-electron chi connectivity index (χ4n) is 4.71. The van der Waals surface area contributed by atoms with Gasteiger partial charge in [0.15, 0.2) is 0 Å². The van der Waals surface area contributed by atoms with Crippen molar-refractivity contribution in [2.24, 2.45) is 5.92 Å². The van der Waals surface area contributed by atoms with Crippen molar-refractivity contribution in [2.75, 3.05) is 36.0 Å². The number of piperidine rings is 1. The summed E-state index contributed by atoms with van der Waals surface area (Å²) in [5.41, 5.74) is 2.36. The maximum atomic E-state index is 12.2. The van der Waals surface area contributed by atoms with Crippen LogP contribution < -0.4 is 15.1 Å². The Bertz CT molecular complexity index is 933. The molecule has 2 aromatic rings. The molecule has 2 aliphatic heterocycles. The van der Waals surface area contributed by atoms with E-state index < -0.39 is 0 Å². The van der Waals surface area contributed by atoms with E-state index in [2.05, 4.69) is 33.4 Å². The summed E-state index contributed by atoms with van der Waals surface area (Å²) < 4.78 is 5.36. The van der Waals surface area contributed by atoms with Crippen LogP contribution in [0.15, 0.2) is 48.7 Å². The lowest BCUT2D eigenvalue weighted by atomic mass is 9.94. The van der Waals surface area contributed by atoms with E-state index >= 15 is 0 Å². The van der Waals surface area contributed by atoms with Crippen LogP contribution in [-0.4, -0.2) is 49.3 Å². The van der Waals surface area contributed by atoms with Crippen LogP contribution in [-0.2, 0) is 14.9 Å². The van der Waals surface area contributed by atoms with Crippen LogP contribution in [0.25, 0.3) is 0 Å². The summed E-state index contributed by atoms with van der Waals surface area (Å²) in [6, 6.07) is 14.3. The van der Waals surface area contributed by atoms with Crippen LogP contribution in [0, 0.1) is 5.92 Å². The van der Waals surface area contributed by atoms with Crippen LogP contribution in [0.5, 0.6) is 0 Å². The average molecular weight is 392 g/mol. The van der Waals surface area contributed by atoms with E-state index in [1.807, 2.05) is 30.5 Å². The SMILES string of the molecule is CC(=O)NC[C@H]1CN(c2ccc([C@]34C[C@H]3CN(c3ccccn3)C4)cc2)C(=O)O1. The van der Waals surface area contributed by atoms with E-state index in [1.54, 1.807) is 4.90 Å². The number of nitrogens with zero attached hydrogens (tertiary/aromatic N) is 3. The van der Waals surface area contributed by atoms with E-state index in [4.69, 9.17) is 4.74 Å². The first-order valence-corrected chi connectivity index (χ1v) is 10.0. The summed E-state index contributed by atoms with van der Waals surface area (Å²) in [6.07, 6.45) is 2.37. The second kappa shape index (κ2) is 6.76. The molecule has 1 aliphatic carbocycles. The standard InChI is InChI=1S/C22H24N4O3/c1-15(27)24-11-19-13-26(21(28)29-19)18-7-5-16(6-8-18)22-10-17(22)12-25(14-22)20-4-2-3-9-23-20/h2-9,17,19H,10-14H2,1H3,(H,24,27)/t17-,19-,22+/m0/s1. The molecular weight excluding hydrogens is 368 g/mol. The van der Waals surface area contributed by atoms with E-state index in [0.29, 0.717) is 19.0 Å². The average Bonchev–Trinajstić information content (AvgIpc) is 3.10. The van der Waals surface area contributed by atoms with Gasteiger partial charge >= 0.3 is 6.09 Å². The molecule has 150 valence electrons. The van der Waals surface area contributed by atoms with Crippen LogP contribution in [0.4, 0.5) is 16.3 Å². The van der Waals surface area contributed by atoms with Crippen molar-refractivity contribution in [3.8, 4) is 0 Å². The summed E-state index contributed by atoms with van der Waals surface area (Å²) in [4.78, 5) is 31.8. The molecule has 7 heteroatoms. The van der Waals surface area contributed by atoms with Crippen molar-refractivity contribution in [1.29, 1.82) is 0 Å². The molecule has 3 aliphatic rings. The van der Waals surface area contributed by atoms with E-state index in [0.717, 1.165) is 24.6 Å². The highest BCUT2D eigenvalue weighted by molar-refractivity contribution is 5.89. The quantitative estimate of drug-likeness (QED) is 0.845. The highest BCUT2D eigenvalue weighted by Gasteiger charge is 2.61. The van der Waals surface area contributed by atoms with Crippen molar-refractivity contribution in [3.63, 3.8) is 0 Å². The molecule has 29 heavy (non-hydrogen) atoms. The molecule has 3 atom stereocenters. The van der Waals surface area contributed by atoms with E-state index in [1.165, 1.54) is 18.9 Å². The van der Waals surface area contributed by atoms with Gasteiger partial charge in [-0.1, -0.05) is 18.2 Å². The van der Waals surface area contributed by atoms with Crippen LogP contribution in [0.3, 0.4) is 0 Å². The number of anilines is 2. The van der Waals surface area contributed by atoms with Gasteiger partial charge in [0, 0.05) is 37.3 Å². The summed E-state index contributed by atoms with van der Waals surface area (Å²) in [5, 5.41) is 2.70. The Morgan fingerprint density at radius 1 is 1.24 bits per heavy atom. The minimum atomic E-state index is -0.363. The number of fused-ring (bicyclic) bond motifs is 1. The summed E-state index contributed by atoms with van der Waals surface area (Å²) in [7, 11) is 0. The summed E-state index contributed by atoms with van der Waals surface area (Å²) >= 11 is 0. The number of ether oxygens (including phenoxy) is 1. The van der Waals surface area contributed by atoms with Gasteiger partial charge < -0.3 is 15.0 Å². The lowest BCUT2D eigenvalue weighted by Crippen LogP contribution is -2.33. The number of hydrogen-bond donors (Lipinski definition) is 1. The smallest absolute Gasteiger partial charge is 0.414 e. The van der Waals surface area contributed by atoms with Crippen molar-refractivity contribution in [1.82, 2.24) is 10.3 Å². The topological polar surface area (TPSA) is 74.8 Å². The molecule has 1 aromatic heterocycles. The van der Waals surface area contributed by atoms with Crippen LogP contribution in [0.1, 0.15) is 18.9 Å². The van der Waals surface area contributed by atoms with Gasteiger partial charge in [-0.05, 0) is 42.2 Å². The number of cyclic esters (lactones) is 1. The largest absolute Gasteiger partial charge is 0.442 e. The molecule has 3 fully saturated rings. The highest BCUT2D eigenvalue weighted by Crippen LogP contribution is 2.59. The molecule has 3 heterocycles. The first-order valence-electron chi connectivity index (χ1n) is 10.0. The number of carbonyl (C=O) groups excluding carboxylic acids is 2. The van der Waals surface area contributed by atoms with E-state index in [-0.39, 0.29) is 23.5 Å². The molecule has 2 amide bonds. The van der Waals surface area contributed by atoms with E-state index in [9.17, 15) is 9.59 Å². The number of benzene rings is 1. The second-order valence-corrected chi connectivity index (χ2v) is 8.23. The Morgan fingerprint density at radius 3 is 2.79 bits per heavy atom. The third kappa shape index (κ3) is 3.20. The van der Waals surface area contributed by atoms with Crippen molar-refractivity contribution >= 4 is 23.5 Å². The molecular formula is C22H24N4O3. The van der Waals surface area contributed by atoms with Crippen LogP contribution in [0.2, 0.25) is 0 Å². The Morgan fingerprint density at radius 2 is 2.07 bits per heavy atom. The monoisotopic (exact) mass is 392 g/mol. The zero-order valence-electron chi connectivity index (χ0n) is 16.4. The summed E-state index contributed by atoms with van der Waals surface area (Å²) in [5.74, 6) is 1.58. The number of amides is 2. The number of carbonyl (C=O) groups is 2. The Labute approximate surface area is 169 Å². The number of nitrogens with one attached hydrogen (secondary N) is 1. The normalized spacial score (nSPS) is 27.6. The predicted molar refractivity (Wildman–Crippen MR) is 109 cm³/mol. The maximum absolute atomic E-state index is 12.2. The lowest BCUT2D eigenvalue weighted by molar-refractivity contribution is -0.119. The second-order valence-electron chi connectivity index (χ2n) is 8.23. The van der Waals surface area contributed by atoms with Crippen molar-refractivity contribution in [3.05, 3.63) is 54.2 Å². The van der Waals surface area contributed by atoms with Gasteiger partial charge in [-0.3, -0.25) is 9.69 Å². The van der Waals surface area contributed by atoms with Crippen molar-refractivity contribution in [2.45, 2.75) is 24.9 Å². The molecule has 1 saturated carbocycles. The number of aromatic nitrogens is 1. The van der Waals surface area contributed by atoms with Crippen molar-refractivity contribution < 1.29 is 14.3 Å². The first-order chi connectivity index (χ1) is 14.0. The Hall–Kier alpha value is -3.09. The molecule has 0 spiro atoms. The molecule has 7 nitrogen and oxygen atoms in total. The molecule has 0 radical (unpaired) electrons. The molecule has 0 bridgehead atoms. The molecule has 5 rings (SSSR count). The van der Waals surface area contributed by atoms with Gasteiger partial charge in [0.1, 0.15) is 11.9 Å². The molecule has 1 N–H and O–H groups in total. The third-order valence-corrected chi connectivity index (χ3v) is 6.33. The fraction of sp³-hybridized carbons (Fsp3) is 0.409. The molecule has 2 saturated heterocycles. The predicted octanol–water partition coefficient (Wildman–Crippen LogP) is 2.32. The Balaban J connectivity index is 1.27. The Kier molecular flexibility index (Phi) is 4.19. The zero-order chi connectivity index (χ0) is 20.0. The van der Waals surface area contributed by atoms with Gasteiger partial charge in [-0.25, -0.2) is 9.78 Å². The van der Waals surface area contributed by atoms with Gasteiger partial charge in [-0.2, -0.15) is 0 Å². The molecule has 1 aromatic carbocycles. The van der Waals surface area contributed by atoms with Gasteiger partial charge in [-0.15, -0.1) is 0 Å². The van der Waals surface area contributed by atoms with Crippen LogP contribution >= 0.6 is 0 Å². The highest BCUT2D eigenvalue weighted by atomic mass is 16.6. The zero-order valence-corrected chi connectivity index (χ0v) is 16.4. The summed E-state index contributed by atoms with van der Waals surface area (Å²) in [6.45, 7) is 4.26. The lowest BCUT2D eigenvalue weighted by Gasteiger charge is -2.22. The maximum Gasteiger partial charge on any atom is 0.414 e. The fourth-order valence-corrected chi connectivity index (χ4v) is 4.71. The van der Waals surface area contributed by atoms with Gasteiger partial charge in [0.25, 0.3) is 0 Å². The number of rotatable bonds is 5. The minimum absolute atomic E-state index is 0.126.